The zero-order valence-electron chi connectivity index (χ0n) is 12.2. The summed E-state index contributed by atoms with van der Waals surface area (Å²) in [4.78, 5) is 0. The maximum atomic E-state index is 2.41. The quantitative estimate of drug-likeness (QED) is 0.514. The van der Waals surface area contributed by atoms with E-state index in [-0.39, 0.29) is 45.4 Å². The van der Waals surface area contributed by atoms with Crippen molar-refractivity contribution in [1.82, 2.24) is 0 Å². The standard InChI is InChI=1S/C15H15Si.2CH3.Ti/c1-16(2)15-13-9-5-3-7-11(13)12-8-4-6-10-14(12)15;;;/h3-10,15H,1-2H3;2*1H3;/q;2*-1;+2. The molecule has 0 spiro atoms. The van der Waals surface area contributed by atoms with E-state index in [4.69, 9.17) is 0 Å². The Labute approximate surface area is 134 Å². The minimum atomic E-state index is -0.336. The summed E-state index contributed by atoms with van der Waals surface area (Å²) in [5.74, 6) is 0. The van der Waals surface area contributed by atoms with E-state index in [0.29, 0.717) is 5.54 Å². The van der Waals surface area contributed by atoms with Gasteiger partial charge in [-0.1, -0.05) is 61.6 Å². The molecule has 0 saturated carbocycles. The molecule has 0 N–H and O–H groups in total. The number of hydrogen-bond acceptors (Lipinski definition) is 0. The molecule has 1 aliphatic carbocycles. The van der Waals surface area contributed by atoms with Gasteiger partial charge in [-0.3, -0.25) is 0 Å². The van der Waals surface area contributed by atoms with Crippen molar-refractivity contribution in [3.05, 3.63) is 74.5 Å². The van der Waals surface area contributed by atoms with Crippen molar-refractivity contribution >= 4 is 8.80 Å². The van der Waals surface area contributed by atoms with Crippen LogP contribution in [-0.2, 0) is 21.7 Å². The fourth-order valence-corrected chi connectivity index (χ4v) is 4.53. The van der Waals surface area contributed by atoms with Crippen LogP contribution in [0.5, 0.6) is 0 Å². The average Bonchev–Trinajstić information content (AvgIpc) is 2.63. The van der Waals surface area contributed by atoms with Gasteiger partial charge < -0.3 is 14.9 Å². The zero-order valence-corrected chi connectivity index (χ0v) is 14.8. The van der Waals surface area contributed by atoms with E-state index >= 15 is 0 Å². The van der Waals surface area contributed by atoms with Crippen molar-refractivity contribution in [2.24, 2.45) is 0 Å². The van der Waals surface area contributed by atoms with E-state index in [0.717, 1.165) is 0 Å². The van der Waals surface area contributed by atoms with Gasteiger partial charge in [-0.15, -0.1) is 0 Å². The predicted octanol–water partition coefficient (Wildman–Crippen LogP) is 4.99. The van der Waals surface area contributed by atoms with Crippen LogP contribution in [0.3, 0.4) is 0 Å². The molecule has 97 valence electrons. The summed E-state index contributed by atoms with van der Waals surface area (Å²) in [6.45, 7) is 4.82. The largest absolute Gasteiger partial charge is 2.00 e. The summed E-state index contributed by atoms with van der Waals surface area (Å²) in [7, 11) is -0.336. The average molecular weight is 301 g/mol. The number of rotatable bonds is 1. The molecule has 1 aliphatic rings. The van der Waals surface area contributed by atoms with Gasteiger partial charge in [0.05, 0.1) is 8.80 Å². The van der Waals surface area contributed by atoms with E-state index in [1.807, 2.05) is 0 Å². The molecule has 0 amide bonds. The number of benzene rings is 2. The van der Waals surface area contributed by atoms with E-state index in [1.54, 1.807) is 11.1 Å². The third kappa shape index (κ3) is 2.94. The minimum Gasteiger partial charge on any atom is -0.358 e. The van der Waals surface area contributed by atoms with Gasteiger partial charge in [0.2, 0.25) is 0 Å². The van der Waals surface area contributed by atoms with Crippen LogP contribution in [0.1, 0.15) is 16.7 Å². The van der Waals surface area contributed by atoms with Crippen LogP contribution in [0, 0.1) is 14.9 Å². The van der Waals surface area contributed by atoms with Crippen LogP contribution in [0.2, 0.25) is 13.1 Å². The second-order valence-electron chi connectivity index (χ2n) is 4.68. The van der Waals surface area contributed by atoms with Gasteiger partial charge in [-0.25, -0.2) is 0 Å². The summed E-state index contributed by atoms with van der Waals surface area (Å²) in [5, 5.41) is 0. The number of hydrogen-bond donors (Lipinski definition) is 0. The summed E-state index contributed by atoms with van der Waals surface area (Å²) in [6.07, 6.45) is 0. The molecule has 3 rings (SSSR count). The second kappa shape index (κ2) is 7.23. The molecule has 0 fully saturated rings. The van der Waals surface area contributed by atoms with E-state index in [1.165, 1.54) is 11.1 Å². The molecule has 1 radical (unpaired) electrons. The van der Waals surface area contributed by atoms with Crippen LogP contribution in [0.4, 0.5) is 0 Å². The molecule has 0 aromatic heterocycles. The molecule has 0 unspecified atom stereocenters. The monoisotopic (exact) mass is 301 g/mol. The Bertz CT molecular complexity index is 489. The van der Waals surface area contributed by atoms with E-state index in [2.05, 4.69) is 61.6 Å². The molecule has 0 aliphatic heterocycles. The zero-order chi connectivity index (χ0) is 11.1. The van der Waals surface area contributed by atoms with Gasteiger partial charge >= 0.3 is 21.7 Å². The second-order valence-corrected chi connectivity index (χ2v) is 7.42. The van der Waals surface area contributed by atoms with Crippen LogP contribution in [0.25, 0.3) is 11.1 Å². The van der Waals surface area contributed by atoms with Crippen LogP contribution >= 0.6 is 0 Å². The Morgan fingerprint density at radius 3 is 1.47 bits per heavy atom. The molecule has 2 aromatic carbocycles. The molecule has 19 heavy (non-hydrogen) atoms. The van der Waals surface area contributed by atoms with Gasteiger partial charge in [-0.2, -0.15) is 0 Å². The molecular formula is C17H21SiTi. The smallest absolute Gasteiger partial charge is 0.358 e. The fourth-order valence-electron chi connectivity index (χ4n) is 2.78. The van der Waals surface area contributed by atoms with Crippen LogP contribution in [0.15, 0.2) is 48.5 Å². The SMILES string of the molecule is C[Si](C)C1c2ccccc2-c2ccccc21.[CH3-].[CH3-].[Ti+2]. The van der Waals surface area contributed by atoms with Crippen molar-refractivity contribution < 1.29 is 21.7 Å². The molecule has 0 saturated heterocycles. The van der Waals surface area contributed by atoms with Gasteiger partial charge in [0.25, 0.3) is 0 Å². The van der Waals surface area contributed by atoms with Crippen molar-refractivity contribution in [1.29, 1.82) is 0 Å². The third-order valence-electron chi connectivity index (χ3n) is 3.41. The predicted molar refractivity (Wildman–Crippen MR) is 84.0 cm³/mol. The summed E-state index contributed by atoms with van der Waals surface area (Å²) >= 11 is 0. The maximum absolute atomic E-state index is 2.41. The molecule has 0 atom stereocenters. The van der Waals surface area contributed by atoms with Crippen molar-refractivity contribution in [2.75, 3.05) is 0 Å². The third-order valence-corrected chi connectivity index (χ3v) is 5.19. The first-order valence-electron chi connectivity index (χ1n) is 5.77. The topological polar surface area (TPSA) is 0 Å². The summed E-state index contributed by atoms with van der Waals surface area (Å²) in [6, 6.07) is 17.8. The van der Waals surface area contributed by atoms with Crippen molar-refractivity contribution in [3.63, 3.8) is 0 Å². The molecule has 0 bridgehead atoms. The first-order valence-corrected chi connectivity index (χ1v) is 8.35. The Hall–Kier alpha value is -0.629. The Balaban J connectivity index is 0.00000108. The van der Waals surface area contributed by atoms with Gasteiger partial charge in [0.1, 0.15) is 0 Å². The molecule has 0 heterocycles. The number of fused-ring (bicyclic) bond motifs is 3. The van der Waals surface area contributed by atoms with Crippen molar-refractivity contribution in [2.45, 2.75) is 18.6 Å². The van der Waals surface area contributed by atoms with E-state index in [9.17, 15) is 0 Å². The molecule has 2 aromatic rings. The van der Waals surface area contributed by atoms with Crippen LogP contribution < -0.4 is 0 Å². The van der Waals surface area contributed by atoms with Gasteiger partial charge in [0, 0.05) is 5.54 Å². The molecular weight excluding hydrogens is 280 g/mol. The van der Waals surface area contributed by atoms with Gasteiger partial charge in [-0.05, 0) is 22.3 Å². The maximum Gasteiger partial charge on any atom is 2.00 e. The minimum absolute atomic E-state index is 0. The Kier molecular flexibility index (Phi) is 6.99. The van der Waals surface area contributed by atoms with Crippen molar-refractivity contribution in [3.8, 4) is 11.1 Å². The van der Waals surface area contributed by atoms with E-state index < -0.39 is 0 Å². The summed E-state index contributed by atoms with van der Waals surface area (Å²) < 4.78 is 0. The first-order chi connectivity index (χ1) is 7.79. The normalized spacial score (nSPS) is 11.7. The van der Waals surface area contributed by atoms with Crippen LogP contribution in [-0.4, -0.2) is 8.80 Å². The Morgan fingerprint density at radius 1 is 0.737 bits per heavy atom. The van der Waals surface area contributed by atoms with Gasteiger partial charge in [0.15, 0.2) is 0 Å². The summed E-state index contributed by atoms with van der Waals surface area (Å²) in [5.41, 5.74) is 6.67. The fraction of sp³-hybridized carbons (Fsp3) is 0.176. The first kappa shape index (κ1) is 18.4. The molecule has 2 heteroatoms. The Morgan fingerprint density at radius 2 is 1.11 bits per heavy atom. The molecule has 0 nitrogen and oxygen atoms in total.